The van der Waals surface area contributed by atoms with Crippen LogP contribution in [0, 0.1) is 0 Å². The Morgan fingerprint density at radius 3 is 2.79 bits per heavy atom. The van der Waals surface area contributed by atoms with Crippen molar-refractivity contribution in [1.82, 2.24) is 4.98 Å². The average Bonchev–Trinajstić information content (AvgIpc) is 2.68. The lowest BCUT2D eigenvalue weighted by molar-refractivity contribution is -0.137. The van der Waals surface area contributed by atoms with Crippen LogP contribution in [-0.2, 0) is 11.0 Å². The molecule has 0 bridgehead atoms. The van der Waals surface area contributed by atoms with E-state index in [0.717, 1.165) is 30.3 Å². The van der Waals surface area contributed by atoms with Crippen LogP contribution >= 0.6 is 23.1 Å². The van der Waals surface area contributed by atoms with Gasteiger partial charge in [-0.15, -0.1) is 11.3 Å². The summed E-state index contributed by atoms with van der Waals surface area (Å²) >= 11 is 2.23. The molecule has 2 nitrogen and oxygen atoms in total. The topological polar surface area (TPSA) is 30.0 Å². The lowest BCUT2D eigenvalue weighted by Crippen LogP contribution is -2.03. The van der Waals surface area contributed by atoms with Gasteiger partial charge in [-0.05, 0) is 36.4 Å². The molecular formula is C12H10F3NOS2. The Bertz CT molecular complexity index is 607. The molecule has 1 heterocycles. The molecule has 2 aromatic rings. The van der Waals surface area contributed by atoms with Crippen molar-refractivity contribution in [2.45, 2.75) is 30.3 Å². The molecule has 0 radical (unpaired) electrons. The number of carbonyl (C=O) groups is 1. The number of alkyl halides is 3. The van der Waals surface area contributed by atoms with Crippen LogP contribution < -0.4 is 0 Å². The minimum atomic E-state index is -4.37. The van der Waals surface area contributed by atoms with Crippen molar-refractivity contribution >= 4 is 38.4 Å². The zero-order chi connectivity index (χ0) is 14.0. The summed E-state index contributed by atoms with van der Waals surface area (Å²) in [6.07, 6.45) is -3.19. The van der Waals surface area contributed by atoms with Crippen LogP contribution in [0.2, 0.25) is 0 Å². The Kier molecular flexibility index (Phi) is 4.15. The van der Waals surface area contributed by atoms with Gasteiger partial charge in [-0.3, -0.25) is 4.79 Å². The SMILES string of the molecule is CCCC(=O)Sc1nc2cc(C(F)(F)F)ccc2s1. The first-order chi connectivity index (χ1) is 8.90. The molecular weight excluding hydrogens is 295 g/mol. The highest BCUT2D eigenvalue weighted by atomic mass is 32.2. The number of hydrogen-bond acceptors (Lipinski definition) is 4. The van der Waals surface area contributed by atoms with E-state index in [2.05, 4.69) is 4.98 Å². The highest BCUT2D eigenvalue weighted by molar-refractivity contribution is 8.15. The first-order valence-electron chi connectivity index (χ1n) is 5.58. The van der Waals surface area contributed by atoms with E-state index in [-0.39, 0.29) is 10.6 Å². The minimum Gasteiger partial charge on any atom is -0.287 e. The third kappa shape index (κ3) is 3.48. The molecule has 0 aliphatic carbocycles. The lowest BCUT2D eigenvalue weighted by atomic mass is 10.2. The maximum Gasteiger partial charge on any atom is 0.416 e. The Morgan fingerprint density at radius 2 is 2.16 bits per heavy atom. The van der Waals surface area contributed by atoms with Gasteiger partial charge >= 0.3 is 6.18 Å². The van der Waals surface area contributed by atoms with Gasteiger partial charge in [0, 0.05) is 6.42 Å². The van der Waals surface area contributed by atoms with Gasteiger partial charge in [0.05, 0.1) is 15.8 Å². The molecule has 0 spiro atoms. The number of fused-ring (bicyclic) bond motifs is 1. The van der Waals surface area contributed by atoms with Crippen molar-refractivity contribution < 1.29 is 18.0 Å². The van der Waals surface area contributed by atoms with Crippen molar-refractivity contribution in [2.75, 3.05) is 0 Å². The molecule has 7 heteroatoms. The third-order valence-electron chi connectivity index (χ3n) is 2.35. The highest BCUT2D eigenvalue weighted by Crippen LogP contribution is 2.35. The maximum absolute atomic E-state index is 12.5. The first-order valence-corrected chi connectivity index (χ1v) is 7.22. The number of halogens is 3. The fourth-order valence-electron chi connectivity index (χ4n) is 1.48. The predicted octanol–water partition coefficient (Wildman–Crippen LogP) is 4.73. The van der Waals surface area contributed by atoms with Crippen molar-refractivity contribution in [3.8, 4) is 0 Å². The van der Waals surface area contributed by atoms with Crippen molar-refractivity contribution in [3.63, 3.8) is 0 Å². The van der Waals surface area contributed by atoms with Crippen LogP contribution in [0.5, 0.6) is 0 Å². The summed E-state index contributed by atoms with van der Waals surface area (Å²) in [5.41, 5.74) is -0.437. The van der Waals surface area contributed by atoms with Crippen LogP contribution in [0.1, 0.15) is 25.3 Å². The summed E-state index contributed by atoms with van der Waals surface area (Å²) in [4.78, 5) is 15.5. The molecule has 102 valence electrons. The molecule has 0 aliphatic heterocycles. The highest BCUT2D eigenvalue weighted by Gasteiger charge is 2.30. The monoisotopic (exact) mass is 305 g/mol. The zero-order valence-electron chi connectivity index (χ0n) is 9.95. The summed E-state index contributed by atoms with van der Waals surface area (Å²) < 4.78 is 38.8. The fourth-order valence-corrected chi connectivity index (χ4v) is 3.52. The van der Waals surface area contributed by atoms with Crippen molar-refractivity contribution in [1.29, 1.82) is 0 Å². The number of rotatable bonds is 3. The standard InChI is InChI=1S/C12H10F3NOS2/c1-2-3-10(17)19-11-16-8-6-7(12(13,14)15)4-5-9(8)18-11/h4-6H,2-3H2,1H3. The molecule has 0 N–H and O–H groups in total. The minimum absolute atomic E-state index is 0.0161. The van der Waals surface area contributed by atoms with Gasteiger partial charge in [-0.2, -0.15) is 13.2 Å². The number of nitrogens with zero attached hydrogens (tertiary/aromatic N) is 1. The molecule has 19 heavy (non-hydrogen) atoms. The number of aromatic nitrogens is 1. The van der Waals surface area contributed by atoms with E-state index in [0.29, 0.717) is 15.5 Å². The van der Waals surface area contributed by atoms with Crippen LogP contribution in [0.4, 0.5) is 13.2 Å². The second-order valence-corrected chi connectivity index (χ2v) is 6.22. The fraction of sp³-hybridized carbons (Fsp3) is 0.333. The molecule has 0 saturated carbocycles. The van der Waals surface area contributed by atoms with Gasteiger partial charge in [0.15, 0.2) is 9.45 Å². The molecule has 2 rings (SSSR count). The predicted molar refractivity (Wildman–Crippen MR) is 70.4 cm³/mol. The van der Waals surface area contributed by atoms with E-state index in [4.69, 9.17) is 0 Å². The van der Waals surface area contributed by atoms with Gasteiger partial charge in [0.25, 0.3) is 0 Å². The number of thioether (sulfide) groups is 1. The van der Waals surface area contributed by atoms with E-state index in [1.165, 1.54) is 17.4 Å². The smallest absolute Gasteiger partial charge is 0.287 e. The maximum atomic E-state index is 12.5. The normalized spacial score (nSPS) is 12.0. The summed E-state index contributed by atoms with van der Waals surface area (Å²) in [6, 6.07) is 3.44. The summed E-state index contributed by atoms with van der Waals surface area (Å²) in [5, 5.41) is -0.0161. The Labute approximate surface area is 116 Å². The van der Waals surface area contributed by atoms with E-state index < -0.39 is 11.7 Å². The Balaban J connectivity index is 2.28. The second-order valence-electron chi connectivity index (χ2n) is 3.88. The van der Waals surface area contributed by atoms with E-state index in [1.54, 1.807) is 0 Å². The van der Waals surface area contributed by atoms with Gasteiger partial charge in [-0.25, -0.2) is 4.98 Å². The van der Waals surface area contributed by atoms with E-state index in [9.17, 15) is 18.0 Å². The number of hydrogen-bond donors (Lipinski definition) is 0. The van der Waals surface area contributed by atoms with Gasteiger partial charge < -0.3 is 0 Å². The quantitative estimate of drug-likeness (QED) is 0.768. The van der Waals surface area contributed by atoms with Crippen LogP contribution in [0.25, 0.3) is 10.2 Å². The molecule has 1 aromatic carbocycles. The summed E-state index contributed by atoms with van der Waals surface area (Å²) in [5.74, 6) is 0. The van der Waals surface area contributed by atoms with Gasteiger partial charge in [0.1, 0.15) is 0 Å². The molecule has 0 saturated heterocycles. The molecule has 0 aliphatic rings. The lowest BCUT2D eigenvalue weighted by Gasteiger charge is -2.04. The largest absolute Gasteiger partial charge is 0.416 e. The van der Waals surface area contributed by atoms with Gasteiger partial charge in [0.2, 0.25) is 0 Å². The summed E-state index contributed by atoms with van der Waals surface area (Å²) in [6.45, 7) is 1.90. The van der Waals surface area contributed by atoms with E-state index >= 15 is 0 Å². The van der Waals surface area contributed by atoms with Crippen LogP contribution in [0.3, 0.4) is 0 Å². The average molecular weight is 305 g/mol. The molecule has 0 atom stereocenters. The number of thiazole rings is 1. The zero-order valence-corrected chi connectivity index (χ0v) is 11.6. The first kappa shape index (κ1) is 14.3. The molecule has 0 amide bonds. The van der Waals surface area contributed by atoms with E-state index in [1.807, 2.05) is 6.92 Å². The molecule has 0 fully saturated rings. The second kappa shape index (κ2) is 5.50. The molecule has 0 unspecified atom stereocenters. The Hall–Kier alpha value is -1.08. The van der Waals surface area contributed by atoms with Crippen molar-refractivity contribution in [3.05, 3.63) is 23.8 Å². The Morgan fingerprint density at radius 1 is 1.42 bits per heavy atom. The van der Waals surface area contributed by atoms with Gasteiger partial charge in [-0.1, -0.05) is 6.92 Å². The van der Waals surface area contributed by atoms with Crippen molar-refractivity contribution in [2.24, 2.45) is 0 Å². The van der Waals surface area contributed by atoms with Crippen LogP contribution in [0.15, 0.2) is 22.5 Å². The van der Waals surface area contributed by atoms with Crippen LogP contribution in [-0.4, -0.2) is 10.1 Å². The number of carbonyl (C=O) groups excluding carboxylic acids is 1. The molecule has 1 aromatic heterocycles. The third-order valence-corrected chi connectivity index (χ3v) is 4.38. The summed E-state index contributed by atoms with van der Waals surface area (Å²) in [7, 11) is 0. The number of benzene rings is 1.